The van der Waals surface area contributed by atoms with Crippen LogP contribution in [0.2, 0.25) is 0 Å². The Morgan fingerprint density at radius 2 is 1.67 bits per heavy atom. The molecule has 3 aromatic heterocycles. The summed E-state index contributed by atoms with van der Waals surface area (Å²) >= 11 is 0. The van der Waals surface area contributed by atoms with Crippen LogP contribution in [0.4, 0.5) is 5.69 Å². The van der Waals surface area contributed by atoms with Gasteiger partial charge in [-0.2, -0.15) is 17.8 Å². The van der Waals surface area contributed by atoms with Gasteiger partial charge >= 0.3 is 0 Å². The molecule has 0 bridgehead atoms. The number of benzene rings is 2. The Morgan fingerprint density at radius 1 is 0.905 bits per heavy atom. The van der Waals surface area contributed by atoms with E-state index in [9.17, 15) is 0 Å². The Labute approximate surface area is 262 Å². The van der Waals surface area contributed by atoms with Crippen LogP contribution in [0.3, 0.4) is 0 Å². The molecule has 1 aliphatic rings. The molecule has 0 spiro atoms. The molecule has 1 aliphatic heterocycles. The normalized spacial score (nSPS) is 13.1. The van der Waals surface area contributed by atoms with E-state index in [2.05, 4.69) is 77.9 Å². The maximum absolute atomic E-state index is 6.25. The Balaban J connectivity index is 0.00000353. The fourth-order valence-corrected chi connectivity index (χ4v) is 5.21. The first-order valence-corrected chi connectivity index (χ1v) is 13.7. The summed E-state index contributed by atoms with van der Waals surface area (Å²) in [5.74, 6) is 1.75. The Morgan fingerprint density at radius 3 is 2.36 bits per heavy atom. The predicted molar refractivity (Wildman–Crippen MR) is 163 cm³/mol. The number of nitrogens with zero attached hydrogens (tertiary/aromatic N) is 6. The van der Waals surface area contributed by atoms with Gasteiger partial charge in [-0.1, -0.05) is 38.5 Å². The quantitative estimate of drug-likeness (QED) is 0.175. The van der Waals surface area contributed by atoms with E-state index in [1.54, 1.807) is 6.20 Å². The molecule has 0 amide bonds. The molecule has 2 aromatic carbocycles. The van der Waals surface area contributed by atoms with Crippen LogP contribution in [-0.2, 0) is 26.5 Å². The third-order valence-corrected chi connectivity index (χ3v) is 7.18. The van der Waals surface area contributed by atoms with Crippen LogP contribution >= 0.6 is 0 Å². The molecule has 8 heteroatoms. The van der Waals surface area contributed by atoms with Gasteiger partial charge in [-0.3, -0.25) is 0 Å². The zero-order chi connectivity index (χ0) is 28.9. The number of fused-ring (bicyclic) bond motifs is 1. The minimum absolute atomic E-state index is 0. The van der Waals surface area contributed by atoms with Crippen molar-refractivity contribution in [3.8, 4) is 28.6 Å². The monoisotopic (exact) mass is 736 g/mol. The van der Waals surface area contributed by atoms with Gasteiger partial charge in [-0.15, -0.1) is 30.0 Å². The Bertz CT molecular complexity index is 1780. The topological polar surface area (TPSA) is 59.3 Å². The molecule has 42 heavy (non-hydrogen) atoms. The van der Waals surface area contributed by atoms with Crippen molar-refractivity contribution in [3.05, 3.63) is 108 Å². The summed E-state index contributed by atoms with van der Waals surface area (Å²) in [6.45, 7) is 14.9. The SMILES string of the molecule is Cc1cc(C)c(-c2nn(-c3cc(C(C)(C)C)ccn3)c3[c-]c(Oc4[c-]c(N5C=CN(C)[CH-]5)ccc4)cnc23)c(C)c1.[Pt]. The minimum Gasteiger partial charge on any atom is -0.510 e. The minimum atomic E-state index is -0.0402. The van der Waals surface area contributed by atoms with Crippen molar-refractivity contribution in [1.82, 2.24) is 24.6 Å². The first kappa shape index (κ1) is 29.5. The fraction of sp³-hybridized carbons (Fsp3) is 0.235. The van der Waals surface area contributed by atoms with E-state index in [-0.39, 0.29) is 26.5 Å². The molecular formula is C34H33N6OPt-3. The van der Waals surface area contributed by atoms with Gasteiger partial charge in [0.25, 0.3) is 0 Å². The van der Waals surface area contributed by atoms with Crippen molar-refractivity contribution < 1.29 is 25.8 Å². The zero-order valence-corrected chi connectivity index (χ0v) is 27.1. The molecule has 0 unspecified atom stereocenters. The van der Waals surface area contributed by atoms with E-state index in [0.717, 1.165) is 33.6 Å². The van der Waals surface area contributed by atoms with Crippen molar-refractivity contribution >= 4 is 16.7 Å². The molecule has 218 valence electrons. The van der Waals surface area contributed by atoms with Crippen molar-refractivity contribution in [2.45, 2.75) is 47.0 Å². The number of hydrogen-bond donors (Lipinski definition) is 0. The summed E-state index contributed by atoms with van der Waals surface area (Å²) in [5, 5.41) is 5.10. The van der Waals surface area contributed by atoms with Crippen LogP contribution in [0.1, 0.15) is 43.0 Å². The Kier molecular flexibility index (Phi) is 8.00. The van der Waals surface area contributed by atoms with Crippen LogP contribution in [0.15, 0.2) is 67.3 Å². The molecule has 0 fully saturated rings. The average molecular weight is 737 g/mol. The standard InChI is InChI=1S/C34H33N6O.Pt/c1-22-15-23(2)31(24(3)16-22)33-32-29(40(37-33)30-17-25(11-12-35-30)34(4,5)6)19-28(20-36-32)41-27-10-8-9-26(18-27)39-14-13-38(7)21-39;/h8-17,20-21H,1-7H3;/q-3;. The average Bonchev–Trinajstić information content (AvgIpc) is 3.52. The maximum Gasteiger partial charge on any atom is 0.151 e. The third kappa shape index (κ3) is 5.71. The molecular weight excluding hydrogens is 703 g/mol. The second-order valence-corrected chi connectivity index (χ2v) is 11.6. The molecule has 0 atom stereocenters. The number of rotatable bonds is 5. The molecule has 6 rings (SSSR count). The predicted octanol–water partition coefficient (Wildman–Crippen LogP) is 7.44. The van der Waals surface area contributed by atoms with Crippen LogP contribution < -0.4 is 9.64 Å². The van der Waals surface area contributed by atoms with E-state index >= 15 is 0 Å². The van der Waals surface area contributed by atoms with Crippen LogP contribution in [-0.4, -0.2) is 31.7 Å². The van der Waals surface area contributed by atoms with Crippen LogP contribution in [0.25, 0.3) is 28.1 Å². The van der Waals surface area contributed by atoms with E-state index < -0.39 is 0 Å². The molecule has 0 aliphatic carbocycles. The summed E-state index contributed by atoms with van der Waals surface area (Å²) in [6.07, 6.45) is 7.49. The van der Waals surface area contributed by atoms with Gasteiger partial charge < -0.3 is 19.5 Å². The van der Waals surface area contributed by atoms with Crippen molar-refractivity contribution in [2.75, 3.05) is 11.9 Å². The summed E-state index contributed by atoms with van der Waals surface area (Å²) < 4.78 is 8.08. The summed E-state index contributed by atoms with van der Waals surface area (Å²) in [7, 11) is 1.98. The summed E-state index contributed by atoms with van der Waals surface area (Å²) in [6, 6.07) is 21.1. The molecule has 4 heterocycles. The largest absolute Gasteiger partial charge is 0.510 e. The smallest absolute Gasteiger partial charge is 0.151 e. The maximum atomic E-state index is 6.25. The van der Waals surface area contributed by atoms with Gasteiger partial charge in [0.05, 0.1) is 5.69 Å². The molecule has 0 radical (unpaired) electrons. The molecule has 0 N–H and O–H groups in total. The van der Waals surface area contributed by atoms with Gasteiger partial charge in [0.2, 0.25) is 0 Å². The number of ether oxygens (including phenoxy) is 1. The van der Waals surface area contributed by atoms with Crippen LogP contribution in [0.5, 0.6) is 11.5 Å². The van der Waals surface area contributed by atoms with Crippen LogP contribution in [0, 0.1) is 39.6 Å². The second kappa shape index (κ2) is 11.4. The van der Waals surface area contributed by atoms with Gasteiger partial charge in [-0.25, -0.2) is 9.67 Å². The van der Waals surface area contributed by atoms with Gasteiger partial charge in [0, 0.05) is 44.3 Å². The number of pyridine rings is 2. The first-order chi connectivity index (χ1) is 19.6. The number of aromatic nitrogens is 4. The second-order valence-electron chi connectivity index (χ2n) is 11.6. The van der Waals surface area contributed by atoms with Crippen molar-refractivity contribution in [3.63, 3.8) is 0 Å². The zero-order valence-electron chi connectivity index (χ0n) is 24.8. The number of anilines is 1. The molecule has 0 saturated heterocycles. The van der Waals surface area contributed by atoms with Crippen molar-refractivity contribution in [1.29, 1.82) is 0 Å². The Hall–Kier alpha value is -3.96. The van der Waals surface area contributed by atoms with E-state index in [1.165, 1.54) is 11.1 Å². The molecule has 7 nitrogen and oxygen atoms in total. The van der Waals surface area contributed by atoms with E-state index in [1.807, 2.05) is 65.0 Å². The molecule has 5 aromatic rings. The van der Waals surface area contributed by atoms with E-state index in [4.69, 9.17) is 19.8 Å². The van der Waals surface area contributed by atoms with Gasteiger partial charge in [0.15, 0.2) is 5.82 Å². The summed E-state index contributed by atoms with van der Waals surface area (Å²) in [4.78, 5) is 13.5. The molecule has 0 saturated carbocycles. The van der Waals surface area contributed by atoms with Gasteiger partial charge in [0.1, 0.15) is 0 Å². The van der Waals surface area contributed by atoms with Crippen molar-refractivity contribution in [2.24, 2.45) is 0 Å². The first-order valence-electron chi connectivity index (χ1n) is 13.7. The van der Waals surface area contributed by atoms with E-state index in [0.29, 0.717) is 22.8 Å². The van der Waals surface area contributed by atoms with Gasteiger partial charge in [-0.05, 0) is 91.7 Å². The number of hydrogen-bond acceptors (Lipinski definition) is 6. The third-order valence-electron chi connectivity index (χ3n) is 7.18. The fourth-order valence-electron chi connectivity index (χ4n) is 5.21. The number of aryl methyl sites for hydroxylation is 3. The summed E-state index contributed by atoms with van der Waals surface area (Å²) in [5.41, 5.74) is 8.83.